The van der Waals surface area contributed by atoms with Crippen molar-refractivity contribution in [2.45, 2.75) is 25.4 Å². The molecular formula is C16H16FNO. The van der Waals surface area contributed by atoms with E-state index in [1.165, 1.54) is 30.5 Å². The average Bonchev–Trinajstić information content (AvgIpc) is 3.21. The highest BCUT2D eigenvalue weighted by atomic mass is 19.1. The van der Waals surface area contributed by atoms with Crippen LogP contribution in [0.1, 0.15) is 29.9 Å². The first-order chi connectivity index (χ1) is 9.22. The number of hydrogen-bond donors (Lipinski definition) is 1. The first-order valence-electron chi connectivity index (χ1n) is 6.49. The van der Waals surface area contributed by atoms with Crippen molar-refractivity contribution in [3.8, 4) is 5.75 Å². The Hall–Kier alpha value is -2.03. The Bertz CT molecular complexity index is 593. The molecule has 0 aromatic heterocycles. The summed E-state index contributed by atoms with van der Waals surface area (Å²) < 4.78 is 18.9. The fourth-order valence-electron chi connectivity index (χ4n) is 2.20. The van der Waals surface area contributed by atoms with E-state index in [9.17, 15) is 4.39 Å². The summed E-state index contributed by atoms with van der Waals surface area (Å²) in [5.74, 6) is 1.20. The summed E-state index contributed by atoms with van der Waals surface area (Å²) in [4.78, 5) is 0. The molecule has 1 aliphatic rings. The zero-order valence-electron chi connectivity index (χ0n) is 10.6. The highest BCUT2D eigenvalue weighted by Gasteiger charge is 2.26. The van der Waals surface area contributed by atoms with E-state index in [1.807, 2.05) is 24.3 Å². The van der Waals surface area contributed by atoms with Crippen molar-refractivity contribution >= 4 is 5.69 Å². The lowest BCUT2D eigenvalue weighted by molar-refractivity contribution is 0.302. The van der Waals surface area contributed by atoms with Gasteiger partial charge in [-0.3, -0.25) is 0 Å². The van der Waals surface area contributed by atoms with E-state index in [2.05, 4.69) is 0 Å². The van der Waals surface area contributed by atoms with Gasteiger partial charge in [0.2, 0.25) is 0 Å². The highest BCUT2D eigenvalue weighted by molar-refractivity contribution is 5.50. The van der Waals surface area contributed by atoms with Crippen LogP contribution in [0.25, 0.3) is 0 Å². The Morgan fingerprint density at radius 3 is 2.74 bits per heavy atom. The molecule has 0 unspecified atom stereocenters. The molecule has 0 amide bonds. The minimum Gasteiger partial charge on any atom is -0.489 e. The molecule has 2 N–H and O–H groups in total. The number of nitrogen functional groups attached to an aromatic ring is 1. The minimum atomic E-state index is -0.235. The van der Waals surface area contributed by atoms with Crippen molar-refractivity contribution < 1.29 is 9.13 Å². The van der Waals surface area contributed by atoms with Crippen molar-refractivity contribution in [2.75, 3.05) is 5.73 Å². The van der Waals surface area contributed by atoms with Gasteiger partial charge in [-0.2, -0.15) is 0 Å². The topological polar surface area (TPSA) is 35.2 Å². The highest BCUT2D eigenvalue weighted by Crippen LogP contribution is 2.45. The van der Waals surface area contributed by atoms with Gasteiger partial charge in [-0.05, 0) is 60.2 Å². The van der Waals surface area contributed by atoms with Gasteiger partial charge in [-0.15, -0.1) is 0 Å². The molecule has 98 valence electrons. The van der Waals surface area contributed by atoms with Gasteiger partial charge in [0.25, 0.3) is 0 Å². The average molecular weight is 257 g/mol. The van der Waals surface area contributed by atoms with Gasteiger partial charge in [0.05, 0.1) is 0 Å². The van der Waals surface area contributed by atoms with Crippen molar-refractivity contribution in [1.29, 1.82) is 0 Å². The van der Waals surface area contributed by atoms with E-state index in [0.717, 1.165) is 17.0 Å². The maximum Gasteiger partial charge on any atom is 0.123 e. The second-order valence-corrected chi connectivity index (χ2v) is 4.99. The summed E-state index contributed by atoms with van der Waals surface area (Å²) in [7, 11) is 0. The third-order valence-electron chi connectivity index (χ3n) is 3.33. The van der Waals surface area contributed by atoms with E-state index in [0.29, 0.717) is 12.5 Å². The van der Waals surface area contributed by atoms with Crippen LogP contribution >= 0.6 is 0 Å². The van der Waals surface area contributed by atoms with Crippen LogP contribution in [-0.2, 0) is 6.61 Å². The molecule has 1 fully saturated rings. The zero-order chi connectivity index (χ0) is 13.2. The van der Waals surface area contributed by atoms with Gasteiger partial charge in [0.1, 0.15) is 18.2 Å². The Morgan fingerprint density at radius 1 is 1.16 bits per heavy atom. The molecule has 3 rings (SSSR count). The summed E-state index contributed by atoms with van der Waals surface area (Å²) in [6.45, 7) is 0.376. The number of benzene rings is 2. The number of rotatable bonds is 4. The molecule has 1 aliphatic carbocycles. The van der Waals surface area contributed by atoms with E-state index in [-0.39, 0.29) is 5.82 Å². The normalized spacial score (nSPS) is 14.4. The Labute approximate surface area is 112 Å². The van der Waals surface area contributed by atoms with E-state index >= 15 is 0 Å². The summed E-state index contributed by atoms with van der Waals surface area (Å²) >= 11 is 0. The Morgan fingerprint density at radius 2 is 2.00 bits per heavy atom. The van der Waals surface area contributed by atoms with Crippen LogP contribution in [0.15, 0.2) is 42.5 Å². The predicted molar refractivity (Wildman–Crippen MR) is 73.6 cm³/mol. The second kappa shape index (κ2) is 4.92. The van der Waals surface area contributed by atoms with Crippen LogP contribution in [0.5, 0.6) is 5.75 Å². The first-order valence-corrected chi connectivity index (χ1v) is 6.49. The molecule has 0 bridgehead atoms. The van der Waals surface area contributed by atoms with Gasteiger partial charge < -0.3 is 10.5 Å². The lowest BCUT2D eigenvalue weighted by atomic mass is 10.1. The molecule has 0 heterocycles. The van der Waals surface area contributed by atoms with Gasteiger partial charge in [-0.25, -0.2) is 4.39 Å². The molecule has 0 radical (unpaired) electrons. The SMILES string of the molecule is Nc1ccc(OCc2cccc(F)c2)c(C2CC2)c1. The third kappa shape index (κ3) is 2.87. The summed E-state index contributed by atoms with van der Waals surface area (Å²) in [5.41, 5.74) is 8.59. The van der Waals surface area contributed by atoms with Crippen LogP contribution in [0.4, 0.5) is 10.1 Å². The standard InChI is InChI=1S/C16H16FNO/c17-13-3-1-2-11(8-13)10-19-16-7-6-14(18)9-15(16)12-4-5-12/h1-3,6-9,12H,4-5,10,18H2. The summed E-state index contributed by atoms with van der Waals surface area (Å²) in [6.07, 6.45) is 2.39. The van der Waals surface area contributed by atoms with Crippen LogP contribution in [0.2, 0.25) is 0 Å². The first kappa shape index (κ1) is 12.0. The molecule has 0 atom stereocenters. The maximum atomic E-state index is 13.1. The fourth-order valence-corrected chi connectivity index (χ4v) is 2.20. The smallest absolute Gasteiger partial charge is 0.123 e. The lowest BCUT2D eigenvalue weighted by Crippen LogP contribution is -1.99. The van der Waals surface area contributed by atoms with Crippen LogP contribution in [0.3, 0.4) is 0 Å². The molecule has 0 spiro atoms. The largest absolute Gasteiger partial charge is 0.489 e. The Kier molecular flexibility index (Phi) is 3.11. The number of halogens is 1. The molecular weight excluding hydrogens is 241 g/mol. The molecule has 2 nitrogen and oxygen atoms in total. The van der Waals surface area contributed by atoms with Gasteiger partial charge in [-0.1, -0.05) is 12.1 Å². The van der Waals surface area contributed by atoms with Gasteiger partial charge >= 0.3 is 0 Å². The molecule has 3 heteroatoms. The molecule has 1 saturated carbocycles. The van der Waals surface area contributed by atoms with Crippen molar-refractivity contribution in [3.63, 3.8) is 0 Å². The summed E-state index contributed by atoms with van der Waals surface area (Å²) in [6, 6.07) is 12.2. The van der Waals surface area contributed by atoms with Crippen molar-refractivity contribution in [3.05, 3.63) is 59.4 Å². The molecule has 0 saturated heterocycles. The number of nitrogens with two attached hydrogens (primary N) is 1. The monoisotopic (exact) mass is 257 g/mol. The van der Waals surface area contributed by atoms with Crippen LogP contribution < -0.4 is 10.5 Å². The number of anilines is 1. The quantitative estimate of drug-likeness (QED) is 0.844. The zero-order valence-corrected chi connectivity index (χ0v) is 10.6. The van der Waals surface area contributed by atoms with E-state index in [1.54, 1.807) is 6.07 Å². The second-order valence-electron chi connectivity index (χ2n) is 4.99. The maximum absolute atomic E-state index is 13.1. The molecule has 0 aliphatic heterocycles. The number of ether oxygens (including phenoxy) is 1. The van der Waals surface area contributed by atoms with Crippen molar-refractivity contribution in [2.24, 2.45) is 0 Å². The Balaban J connectivity index is 1.76. The molecule has 19 heavy (non-hydrogen) atoms. The van der Waals surface area contributed by atoms with E-state index < -0.39 is 0 Å². The minimum absolute atomic E-state index is 0.235. The van der Waals surface area contributed by atoms with Crippen molar-refractivity contribution in [1.82, 2.24) is 0 Å². The van der Waals surface area contributed by atoms with Crippen LogP contribution in [0, 0.1) is 5.82 Å². The number of hydrogen-bond acceptors (Lipinski definition) is 2. The molecule has 2 aromatic rings. The lowest BCUT2D eigenvalue weighted by Gasteiger charge is -2.12. The van der Waals surface area contributed by atoms with E-state index in [4.69, 9.17) is 10.5 Å². The fraction of sp³-hybridized carbons (Fsp3) is 0.250. The van der Waals surface area contributed by atoms with Gasteiger partial charge in [0, 0.05) is 5.69 Å². The molecule has 2 aromatic carbocycles. The van der Waals surface area contributed by atoms with Crippen LogP contribution in [-0.4, -0.2) is 0 Å². The van der Waals surface area contributed by atoms with Gasteiger partial charge in [0.15, 0.2) is 0 Å². The predicted octanol–water partition coefficient (Wildman–Crippen LogP) is 3.86. The third-order valence-corrected chi connectivity index (χ3v) is 3.33. The summed E-state index contributed by atoms with van der Waals surface area (Å²) in [5, 5.41) is 0.